The predicted molar refractivity (Wildman–Crippen MR) is 130 cm³/mol. The second-order valence-corrected chi connectivity index (χ2v) is 8.40. The molecule has 0 unspecified atom stereocenters. The van der Waals surface area contributed by atoms with Gasteiger partial charge in [-0.05, 0) is 78.6 Å². The number of nitrogens with one attached hydrogen (secondary N) is 1. The lowest BCUT2D eigenvalue weighted by Crippen LogP contribution is -2.13. The number of nitriles is 1. The van der Waals surface area contributed by atoms with Crippen molar-refractivity contribution in [1.29, 1.82) is 5.26 Å². The number of anilines is 1. The number of halogens is 3. The Bertz CT molecular complexity index is 1210. The van der Waals surface area contributed by atoms with E-state index >= 15 is 0 Å². The molecule has 0 bridgehead atoms. The van der Waals surface area contributed by atoms with Crippen molar-refractivity contribution in [3.05, 3.63) is 97.5 Å². The molecular weight excluding hydrogens is 467 g/mol. The van der Waals surface area contributed by atoms with E-state index in [0.29, 0.717) is 22.0 Å². The quantitative estimate of drug-likeness (QED) is 0.292. The van der Waals surface area contributed by atoms with E-state index in [1.165, 1.54) is 6.08 Å². The van der Waals surface area contributed by atoms with E-state index in [4.69, 9.17) is 39.5 Å². The highest BCUT2D eigenvalue weighted by molar-refractivity contribution is 6.37. The average Bonchev–Trinajstić information content (AvgIpc) is 2.75. The van der Waals surface area contributed by atoms with Crippen LogP contribution < -0.4 is 10.1 Å². The van der Waals surface area contributed by atoms with Crippen LogP contribution in [-0.4, -0.2) is 5.91 Å². The second-order valence-electron chi connectivity index (χ2n) is 7.15. The van der Waals surface area contributed by atoms with Crippen LogP contribution in [0.1, 0.15) is 22.3 Å². The highest BCUT2D eigenvalue weighted by atomic mass is 35.5. The molecule has 3 rings (SSSR count). The Labute approximate surface area is 202 Å². The van der Waals surface area contributed by atoms with Gasteiger partial charge in [0, 0.05) is 10.7 Å². The summed E-state index contributed by atoms with van der Waals surface area (Å²) in [6, 6.07) is 17.9. The van der Waals surface area contributed by atoms with E-state index < -0.39 is 5.91 Å². The molecule has 0 aliphatic carbocycles. The third kappa shape index (κ3) is 6.05. The molecule has 0 aliphatic heterocycles. The maximum absolute atomic E-state index is 12.6. The summed E-state index contributed by atoms with van der Waals surface area (Å²) in [6.07, 6.45) is 1.43. The van der Waals surface area contributed by atoms with Crippen LogP contribution in [0.5, 0.6) is 5.75 Å². The van der Waals surface area contributed by atoms with Gasteiger partial charge < -0.3 is 10.1 Å². The van der Waals surface area contributed by atoms with Gasteiger partial charge in [-0.1, -0.05) is 53.0 Å². The standard InChI is InChI=1S/C25H19Cl3N2O2/c1-15-3-8-21(9-16(15)2)30-25(31)19(13-29)10-18-11-22(27)24(23(28)12-18)32-14-17-4-6-20(26)7-5-17/h3-12H,14H2,1-2H3,(H,30,31)/b19-10+. The van der Waals surface area contributed by atoms with Gasteiger partial charge in [0.1, 0.15) is 18.2 Å². The number of amides is 1. The SMILES string of the molecule is Cc1ccc(NC(=O)/C(C#N)=C/c2cc(Cl)c(OCc3ccc(Cl)cc3)c(Cl)c2)cc1C. The Morgan fingerprint density at radius 3 is 2.25 bits per heavy atom. The zero-order chi connectivity index (χ0) is 23.3. The van der Waals surface area contributed by atoms with Gasteiger partial charge in [-0.25, -0.2) is 0 Å². The molecule has 1 N–H and O–H groups in total. The first-order valence-corrected chi connectivity index (χ1v) is 10.8. The molecular formula is C25H19Cl3N2O2. The smallest absolute Gasteiger partial charge is 0.266 e. The fraction of sp³-hybridized carbons (Fsp3) is 0.120. The summed E-state index contributed by atoms with van der Waals surface area (Å²) in [5.74, 6) is -0.204. The van der Waals surface area contributed by atoms with Crippen molar-refractivity contribution >= 4 is 52.5 Å². The van der Waals surface area contributed by atoms with E-state index in [1.807, 2.05) is 44.2 Å². The molecule has 0 saturated carbocycles. The zero-order valence-corrected chi connectivity index (χ0v) is 19.6. The number of hydrogen-bond acceptors (Lipinski definition) is 3. The van der Waals surface area contributed by atoms with E-state index in [0.717, 1.165) is 16.7 Å². The van der Waals surface area contributed by atoms with Crippen molar-refractivity contribution in [2.75, 3.05) is 5.32 Å². The number of rotatable bonds is 6. The molecule has 0 fully saturated rings. The van der Waals surface area contributed by atoms with Crippen LogP contribution in [0.2, 0.25) is 15.1 Å². The number of hydrogen-bond donors (Lipinski definition) is 1. The molecule has 1 amide bonds. The van der Waals surface area contributed by atoms with Crippen LogP contribution in [0.15, 0.2) is 60.2 Å². The van der Waals surface area contributed by atoms with E-state index in [1.54, 1.807) is 30.3 Å². The predicted octanol–water partition coefficient (Wildman–Crippen LogP) is 7.39. The number of carbonyl (C=O) groups is 1. The van der Waals surface area contributed by atoms with Crippen molar-refractivity contribution in [3.63, 3.8) is 0 Å². The lowest BCUT2D eigenvalue weighted by molar-refractivity contribution is -0.112. The minimum absolute atomic E-state index is 0.0785. The number of ether oxygens (including phenoxy) is 1. The Morgan fingerprint density at radius 1 is 1.00 bits per heavy atom. The Kier molecular flexibility index (Phi) is 7.82. The number of aryl methyl sites for hydroxylation is 2. The molecule has 0 saturated heterocycles. The average molecular weight is 486 g/mol. The van der Waals surface area contributed by atoms with Gasteiger partial charge in [0.15, 0.2) is 5.75 Å². The van der Waals surface area contributed by atoms with Crippen molar-refractivity contribution in [2.45, 2.75) is 20.5 Å². The van der Waals surface area contributed by atoms with E-state index in [9.17, 15) is 10.1 Å². The molecule has 0 radical (unpaired) electrons. The molecule has 32 heavy (non-hydrogen) atoms. The third-order valence-electron chi connectivity index (χ3n) is 4.76. The summed E-state index contributed by atoms with van der Waals surface area (Å²) in [4.78, 5) is 12.6. The summed E-state index contributed by atoms with van der Waals surface area (Å²) in [5.41, 5.74) is 4.09. The lowest BCUT2D eigenvalue weighted by Gasteiger charge is -2.11. The molecule has 162 valence electrons. The minimum Gasteiger partial charge on any atom is -0.486 e. The first-order chi connectivity index (χ1) is 15.3. The van der Waals surface area contributed by atoms with Crippen LogP contribution >= 0.6 is 34.8 Å². The molecule has 0 aromatic heterocycles. The van der Waals surface area contributed by atoms with Gasteiger partial charge in [-0.15, -0.1) is 0 Å². The first kappa shape index (κ1) is 23.7. The normalized spacial score (nSPS) is 11.1. The van der Waals surface area contributed by atoms with Gasteiger partial charge in [-0.3, -0.25) is 4.79 Å². The maximum Gasteiger partial charge on any atom is 0.266 e. The van der Waals surface area contributed by atoms with Gasteiger partial charge in [0.25, 0.3) is 5.91 Å². The first-order valence-electron chi connectivity index (χ1n) is 9.63. The van der Waals surface area contributed by atoms with Gasteiger partial charge in [-0.2, -0.15) is 5.26 Å². The largest absolute Gasteiger partial charge is 0.486 e. The number of benzene rings is 3. The fourth-order valence-electron chi connectivity index (χ4n) is 2.87. The Morgan fingerprint density at radius 2 is 1.66 bits per heavy atom. The van der Waals surface area contributed by atoms with Crippen LogP contribution in [0.3, 0.4) is 0 Å². The van der Waals surface area contributed by atoms with Gasteiger partial charge in [0.05, 0.1) is 10.0 Å². The van der Waals surface area contributed by atoms with Crippen molar-refractivity contribution < 1.29 is 9.53 Å². The van der Waals surface area contributed by atoms with Crippen LogP contribution in [0.25, 0.3) is 6.08 Å². The van der Waals surface area contributed by atoms with E-state index in [-0.39, 0.29) is 22.2 Å². The molecule has 0 spiro atoms. The lowest BCUT2D eigenvalue weighted by atomic mass is 10.1. The van der Waals surface area contributed by atoms with Crippen molar-refractivity contribution in [3.8, 4) is 11.8 Å². The topological polar surface area (TPSA) is 62.1 Å². The minimum atomic E-state index is -0.522. The molecule has 0 aliphatic rings. The number of nitrogens with zero attached hydrogens (tertiary/aromatic N) is 1. The van der Waals surface area contributed by atoms with Crippen molar-refractivity contribution in [1.82, 2.24) is 0 Å². The Balaban J connectivity index is 1.77. The summed E-state index contributed by atoms with van der Waals surface area (Å²) < 4.78 is 5.76. The van der Waals surface area contributed by atoms with Gasteiger partial charge >= 0.3 is 0 Å². The van der Waals surface area contributed by atoms with Crippen LogP contribution in [0.4, 0.5) is 5.69 Å². The monoisotopic (exact) mass is 484 g/mol. The van der Waals surface area contributed by atoms with E-state index in [2.05, 4.69) is 5.32 Å². The molecule has 4 nitrogen and oxygen atoms in total. The van der Waals surface area contributed by atoms with Crippen molar-refractivity contribution in [2.24, 2.45) is 0 Å². The second kappa shape index (κ2) is 10.6. The highest BCUT2D eigenvalue weighted by Gasteiger charge is 2.13. The number of carbonyl (C=O) groups excluding carboxylic acids is 1. The zero-order valence-electron chi connectivity index (χ0n) is 17.4. The summed E-state index contributed by atoms with van der Waals surface area (Å²) in [5, 5.41) is 13.4. The van der Waals surface area contributed by atoms with Crippen LogP contribution in [0, 0.1) is 25.2 Å². The molecule has 7 heteroatoms. The highest BCUT2D eigenvalue weighted by Crippen LogP contribution is 2.35. The fourth-order valence-corrected chi connectivity index (χ4v) is 3.61. The third-order valence-corrected chi connectivity index (χ3v) is 5.57. The summed E-state index contributed by atoms with van der Waals surface area (Å²) >= 11 is 18.6. The summed E-state index contributed by atoms with van der Waals surface area (Å²) in [6.45, 7) is 4.19. The van der Waals surface area contributed by atoms with Crippen LogP contribution in [-0.2, 0) is 11.4 Å². The molecule has 0 atom stereocenters. The molecule has 3 aromatic rings. The Hall–Kier alpha value is -2.97. The maximum atomic E-state index is 12.6. The summed E-state index contributed by atoms with van der Waals surface area (Å²) in [7, 11) is 0. The van der Waals surface area contributed by atoms with Gasteiger partial charge in [0.2, 0.25) is 0 Å². The molecule has 3 aromatic carbocycles. The molecule has 0 heterocycles.